The molecule has 1 N–H and O–H groups in total. The van der Waals surface area contributed by atoms with Crippen molar-refractivity contribution in [2.45, 2.75) is 52.1 Å². The fourth-order valence-electron chi connectivity index (χ4n) is 6.03. The summed E-state index contributed by atoms with van der Waals surface area (Å²) in [5.41, 5.74) is 5.92. The number of rotatable bonds is 7. The molecule has 2 fully saturated rings. The average Bonchev–Trinajstić information content (AvgIpc) is 3.30. The standard InChI is InChI=1S/C29H41N5O2/c1-6-24-25-18-23(34-15-13-33(14-16-34)22-9-11-32(12-10-22)20(2)3)7-8-26(25)31-28(24)21-17-27(35-4)29(36-5)30-19-21/h7-8,17-20,22,31H,6,9-16H2,1-5H3. The van der Waals surface area contributed by atoms with Crippen LogP contribution >= 0.6 is 0 Å². The zero-order chi connectivity index (χ0) is 25.2. The first kappa shape index (κ1) is 24.9. The number of methoxy groups -OCH3 is 2. The number of anilines is 1. The van der Waals surface area contributed by atoms with E-state index in [9.17, 15) is 0 Å². The number of ether oxygens (including phenoxy) is 2. The second-order valence-corrected chi connectivity index (χ2v) is 10.4. The van der Waals surface area contributed by atoms with Gasteiger partial charge in [0.25, 0.3) is 5.88 Å². The van der Waals surface area contributed by atoms with Crippen molar-refractivity contribution in [3.8, 4) is 22.9 Å². The second kappa shape index (κ2) is 10.7. The van der Waals surface area contributed by atoms with Gasteiger partial charge in [-0.15, -0.1) is 0 Å². The van der Waals surface area contributed by atoms with Crippen LogP contribution in [0.4, 0.5) is 5.69 Å². The summed E-state index contributed by atoms with van der Waals surface area (Å²) < 4.78 is 10.8. The first-order chi connectivity index (χ1) is 17.5. The third-order valence-corrected chi connectivity index (χ3v) is 8.19. The molecule has 0 unspecified atom stereocenters. The average molecular weight is 492 g/mol. The molecule has 2 aliphatic rings. The van der Waals surface area contributed by atoms with Crippen LogP contribution in [0.5, 0.6) is 11.6 Å². The Kier molecular flexibility index (Phi) is 7.39. The van der Waals surface area contributed by atoms with Crippen LogP contribution in [0.2, 0.25) is 0 Å². The van der Waals surface area contributed by atoms with Crippen molar-refractivity contribution in [3.05, 3.63) is 36.0 Å². The molecule has 0 saturated carbocycles. The van der Waals surface area contributed by atoms with E-state index in [1.165, 1.54) is 42.6 Å². The largest absolute Gasteiger partial charge is 0.491 e. The van der Waals surface area contributed by atoms with Gasteiger partial charge in [0, 0.05) is 66.6 Å². The SMILES string of the molecule is CCc1c(-c2cnc(OC)c(OC)c2)[nH]c2ccc(N3CCN(C4CCN(C(C)C)CC4)CC3)cc12. The van der Waals surface area contributed by atoms with Crippen LogP contribution in [0.15, 0.2) is 30.5 Å². The number of benzene rings is 1. The van der Waals surface area contributed by atoms with Crippen LogP contribution in [0.1, 0.15) is 39.2 Å². The van der Waals surface area contributed by atoms with Crippen molar-refractivity contribution < 1.29 is 9.47 Å². The number of aryl methyl sites for hydroxylation is 1. The molecule has 7 heteroatoms. The first-order valence-corrected chi connectivity index (χ1v) is 13.5. The monoisotopic (exact) mass is 491 g/mol. The highest BCUT2D eigenvalue weighted by atomic mass is 16.5. The summed E-state index contributed by atoms with van der Waals surface area (Å²) in [4.78, 5) is 16.0. The van der Waals surface area contributed by atoms with Gasteiger partial charge in [0.1, 0.15) is 0 Å². The van der Waals surface area contributed by atoms with Crippen molar-refractivity contribution in [1.29, 1.82) is 0 Å². The van der Waals surface area contributed by atoms with Gasteiger partial charge >= 0.3 is 0 Å². The third-order valence-electron chi connectivity index (χ3n) is 8.19. The number of hydrogen-bond acceptors (Lipinski definition) is 6. The van der Waals surface area contributed by atoms with Crippen LogP contribution in [0.3, 0.4) is 0 Å². The quantitative estimate of drug-likeness (QED) is 0.512. The van der Waals surface area contributed by atoms with Crippen LogP contribution in [-0.2, 0) is 6.42 Å². The van der Waals surface area contributed by atoms with Gasteiger partial charge in [0.05, 0.1) is 19.9 Å². The molecule has 0 aliphatic carbocycles. The lowest BCUT2D eigenvalue weighted by Gasteiger charge is -2.44. The van der Waals surface area contributed by atoms with E-state index in [1.54, 1.807) is 14.2 Å². The van der Waals surface area contributed by atoms with Gasteiger partial charge in [-0.05, 0) is 76.0 Å². The minimum absolute atomic E-state index is 0.502. The Hall–Kier alpha value is -2.77. The van der Waals surface area contributed by atoms with Gasteiger partial charge < -0.3 is 24.3 Å². The topological polar surface area (TPSA) is 56.9 Å². The Bertz CT molecular complexity index is 1170. The number of piperidine rings is 1. The highest BCUT2D eigenvalue weighted by molar-refractivity contribution is 5.93. The summed E-state index contributed by atoms with van der Waals surface area (Å²) in [6.07, 6.45) is 5.41. The molecule has 0 radical (unpaired) electrons. The molecule has 0 amide bonds. The molecular weight excluding hydrogens is 450 g/mol. The van der Waals surface area contributed by atoms with Gasteiger partial charge in [-0.3, -0.25) is 4.90 Å². The molecule has 5 rings (SSSR count). The van der Waals surface area contributed by atoms with E-state index in [2.05, 4.69) is 63.6 Å². The van der Waals surface area contributed by atoms with E-state index in [4.69, 9.17) is 9.47 Å². The van der Waals surface area contributed by atoms with E-state index in [-0.39, 0.29) is 0 Å². The molecule has 0 atom stereocenters. The third kappa shape index (κ3) is 4.78. The zero-order valence-electron chi connectivity index (χ0n) is 22.5. The highest BCUT2D eigenvalue weighted by Gasteiger charge is 2.28. The highest BCUT2D eigenvalue weighted by Crippen LogP contribution is 2.36. The number of nitrogens with zero attached hydrogens (tertiary/aromatic N) is 4. The zero-order valence-corrected chi connectivity index (χ0v) is 22.5. The Balaban J connectivity index is 1.32. The predicted octanol–water partition coefficient (Wildman–Crippen LogP) is 4.80. The number of piperazine rings is 1. The van der Waals surface area contributed by atoms with Gasteiger partial charge in [-0.1, -0.05) is 6.92 Å². The maximum Gasteiger partial charge on any atom is 0.256 e. The number of aromatic amines is 1. The van der Waals surface area contributed by atoms with Crippen molar-refractivity contribution in [3.63, 3.8) is 0 Å². The number of likely N-dealkylation sites (tertiary alicyclic amines) is 1. The Morgan fingerprint density at radius 1 is 1.00 bits per heavy atom. The number of hydrogen-bond donors (Lipinski definition) is 1. The Morgan fingerprint density at radius 2 is 1.75 bits per heavy atom. The molecule has 1 aromatic carbocycles. The smallest absolute Gasteiger partial charge is 0.256 e. The lowest BCUT2D eigenvalue weighted by atomic mass is 10.0. The summed E-state index contributed by atoms with van der Waals surface area (Å²) in [5.74, 6) is 1.14. The van der Waals surface area contributed by atoms with Gasteiger partial charge in [0.15, 0.2) is 5.75 Å². The molecule has 2 aliphatic heterocycles. The van der Waals surface area contributed by atoms with Gasteiger partial charge in [-0.2, -0.15) is 0 Å². The Labute approximate surface area is 215 Å². The summed E-state index contributed by atoms with van der Waals surface area (Å²) in [6.45, 7) is 13.8. The summed E-state index contributed by atoms with van der Waals surface area (Å²) >= 11 is 0. The maximum absolute atomic E-state index is 5.50. The molecule has 4 heterocycles. The maximum atomic E-state index is 5.50. The minimum Gasteiger partial charge on any atom is -0.491 e. The summed E-state index contributed by atoms with van der Waals surface area (Å²) in [7, 11) is 3.26. The van der Waals surface area contributed by atoms with Crippen LogP contribution in [0, 0.1) is 0 Å². The molecular formula is C29H41N5O2. The number of nitrogens with one attached hydrogen (secondary N) is 1. The predicted molar refractivity (Wildman–Crippen MR) is 148 cm³/mol. The van der Waals surface area contributed by atoms with E-state index in [0.29, 0.717) is 17.7 Å². The van der Waals surface area contributed by atoms with E-state index < -0.39 is 0 Å². The molecule has 2 saturated heterocycles. The minimum atomic E-state index is 0.502. The van der Waals surface area contributed by atoms with E-state index in [0.717, 1.165) is 55.4 Å². The van der Waals surface area contributed by atoms with E-state index in [1.807, 2.05) is 12.3 Å². The first-order valence-electron chi connectivity index (χ1n) is 13.5. The molecule has 0 bridgehead atoms. The van der Waals surface area contributed by atoms with Gasteiger partial charge in [0.2, 0.25) is 0 Å². The molecule has 194 valence electrons. The molecule has 36 heavy (non-hydrogen) atoms. The number of fused-ring (bicyclic) bond motifs is 1. The Morgan fingerprint density at radius 3 is 2.39 bits per heavy atom. The van der Waals surface area contributed by atoms with Gasteiger partial charge in [-0.25, -0.2) is 4.98 Å². The van der Waals surface area contributed by atoms with Crippen molar-refractivity contribution in [1.82, 2.24) is 19.8 Å². The van der Waals surface area contributed by atoms with Crippen LogP contribution in [-0.4, -0.2) is 85.3 Å². The van der Waals surface area contributed by atoms with Crippen LogP contribution in [0.25, 0.3) is 22.2 Å². The fraction of sp³-hybridized carbons (Fsp3) is 0.552. The molecule has 0 spiro atoms. The van der Waals surface area contributed by atoms with E-state index >= 15 is 0 Å². The fourth-order valence-corrected chi connectivity index (χ4v) is 6.03. The summed E-state index contributed by atoms with van der Waals surface area (Å²) in [5, 5.41) is 1.29. The number of H-pyrrole nitrogens is 1. The van der Waals surface area contributed by atoms with Crippen molar-refractivity contribution >= 4 is 16.6 Å². The second-order valence-electron chi connectivity index (χ2n) is 10.4. The lowest BCUT2D eigenvalue weighted by Crippen LogP contribution is -2.53. The van der Waals surface area contributed by atoms with Crippen molar-refractivity contribution in [2.75, 3.05) is 58.4 Å². The normalized spacial score (nSPS) is 18.3. The molecule has 7 nitrogen and oxygen atoms in total. The lowest BCUT2D eigenvalue weighted by molar-refractivity contribution is 0.0883. The number of aromatic nitrogens is 2. The van der Waals surface area contributed by atoms with Crippen LogP contribution < -0.4 is 14.4 Å². The number of pyridine rings is 1. The molecule has 3 aromatic rings. The summed E-state index contributed by atoms with van der Waals surface area (Å²) in [6, 6.07) is 10.3. The molecule has 2 aromatic heterocycles. The van der Waals surface area contributed by atoms with Crippen molar-refractivity contribution in [2.24, 2.45) is 0 Å².